The van der Waals surface area contributed by atoms with Gasteiger partial charge in [-0.3, -0.25) is 0 Å². The molecule has 1 aromatic rings. The van der Waals surface area contributed by atoms with Crippen LogP contribution in [0.4, 0.5) is 8.78 Å². The molecule has 4 heteroatoms. The van der Waals surface area contributed by atoms with Gasteiger partial charge in [0.1, 0.15) is 11.9 Å². The summed E-state index contributed by atoms with van der Waals surface area (Å²) in [7, 11) is 0. The summed E-state index contributed by atoms with van der Waals surface area (Å²) in [5.41, 5.74) is 0. The molecule has 1 aromatic carbocycles. The van der Waals surface area contributed by atoms with Crippen molar-refractivity contribution in [2.24, 2.45) is 0 Å². The lowest BCUT2D eigenvalue weighted by atomic mass is 10.0. The number of nitrogens with one attached hydrogen (secondary N) is 1. The summed E-state index contributed by atoms with van der Waals surface area (Å²) in [6, 6.07) is 3.48. The summed E-state index contributed by atoms with van der Waals surface area (Å²) in [5, 5.41) is 3.33. The second-order valence-corrected chi connectivity index (χ2v) is 4.45. The van der Waals surface area contributed by atoms with Crippen LogP contribution in [-0.2, 0) is 0 Å². The SMILES string of the molecule is CC(Oc1cc(F)ccc1F)C1CCCCN1. The van der Waals surface area contributed by atoms with Gasteiger partial charge in [-0.15, -0.1) is 0 Å². The summed E-state index contributed by atoms with van der Waals surface area (Å²) >= 11 is 0. The van der Waals surface area contributed by atoms with E-state index in [4.69, 9.17) is 4.74 Å². The van der Waals surface area contributed by atoms with E-state index in [1.807, 2.05) is 6.92 Å². The standard InChI is InChI=1S/C13H17F2NO/c1-9(12-4-2-3-7-16-12)17-13-8-10(14)5-6-11(13)15/h5-6,8-9,12,16H,2-4,7H2,1H3. The van der Waals surface area contributed by atoms with E-state index in [1.54, 1.807) is 0 Å². The smallest absolute Gasteiger partial charge is 0.165 e. The molecule has 0 aromatic heterocycles. The molecule has 94 valence electrons. The predicted molar refractivity (Wildman–Crippen MR) is 62.1 cm³/mol. The maximum absolute atomic E-state index is 13.4. The molecule has 0 radical (unpaired) electrons. The van der Waals surface area contributed by atoms with E-state index in [1.165, 1.54) is 0 Å². The Morgan fingerprint density at radius 2 is 2.18 bits per heavy atom. The minimum Gasteiger partial charge on any atom is -0.486 e. The van der Waals surface area contributed by atoms with Crippen molar-refractivity contribution in [1.82, 2.24) is 5.32 Å². The number of piperidine rings is 1. The summed E-state index contributed by atoms with van der Waals surface area (Å²) in [5.74, 6) is -1.01. The number of benzene rings is 1. The highest BCUT2D eigenvalue weighted by molar-refractivity contribution is 5.25. The Balaban J connectivity index is 2.01. The molecular formula is C13H17F2NO. The van der Waals surface area contributed by atoms with Gasteiger partial charge in [-0.2, -0.15) is 0 Å². The zero-order chi connectivity index (χ0) is 12.3. The molecule has 2 nitrogen and oxygen atoms in total. The first-order chi connectivity index (χ1) is 8.16. The van der Waals surface area contributed by atoms with Crippen molar-refractivity contribution in [3.63, 3.8) is 0 Å². The van der Waals surface area contributed by atoms with Crippen molar-refractivity contribution in [3.05, 3.63) is 29.8 Å². The molecule has 2 atom stereocenters. The van der Waals surface area contributed by atoms with Crippen molar-refractivity contribution in [2.75, 3.05) is 6.54 Å². The molecule has 1 aliphatic rings. The molecule has 0 saturated carbocycles. The molecular weight excluding hydrogens is 224 g/mol. The van der Waals surface area contributed by atoms with Crippen LogP contribution in [0, 0.1) is 11.6 Å². The minimum absolute atomic E-state index is 0.00938. The van der Waals surface area contributed by atoms with Gasteiger partial charge >= 0.3 is 0 Å². The Morgan fingerprint density at radius 3 is 2.88 bits per heavy atom. The van der Waals surface area contributed by atoms with Gasteiger partial charge in [-0.25, -0.2) is 8.78 Å². The Hall–Kier alpha value is -1.16. The van der Waals surface area contributed by atoms with E-state index in [2.05, 4.69) is 5.32 Å². The number of hydrogen-bond donors (Lipinski definition) is 1. The maximum Gasteiger partial charge on any atom is 0.165 e. The first kappa shape index (κ1) is 12.3. The molecule has 1 saturated heterocycles. The van der Waals surface area contributed by atoms with E-state index in [9.17, 15) is 8.78 Å². The van der Waals surface area contributed by atoms with Crippen molar-refractivity contribution in [1.29, 1.82) is 0 Å². The Bertz CT molecular complexity index is 378. The average Bonchev–Trinajstić information content (AvgIpc) is 2.35. The highest BCUT2D eigenvalue weighted by atomic mass is 19.1. The third-order valence-electron chi connectivity index (χ3n) is 3.12. The molecule has 0 aliphatic carbocycles. The summed E-state index contributed by atoms with van der Waals surface area (Å²) in [6.45, 7) is 2.84. The van der Waals surface area contributed by atoms with Gasteiger partial charge in [-0.05, 0) is 38.4 Å². The molecule has 0 amide bonds. The van der Waals surface area contributed by atoms with Gasteiger partial charge in [0.2, 0.25) is 0 Å². The van der Waals surface area contributed by atoms with Crippen LogP contribution in [-0.4, -0.2) is 18.7 Å². The highest BCUT2D eigenvalue weighted by Crippen LogP contribution is 2.21. The molecule has 0 bridgehead atoms. The van der Waals surface area contributed by atoms with E-state index >= 15 is 0 Å². The molecule has 2 unspecified atom stereocenters. The molecule has 1 fully saturated rings. The van der Waals surface area contributed by atoms with E-state index in [0.717, 1.165) is 44.0 Å². The largest absolute Gasteiger partial charge is 0.486 e. The van der Waals surface area contributed by atoms with E-state index in [0.29, 0.717) is 0 Å². The van der Waals surface area contributed by atoms with Crippen molar-refractivity contribution >= 4 is 0 Å². The van der Waals surface area contributed by atoms with Crippen LogP contribution in [0.25, 0.3) is 0 Å². The van der Waals surface area contributed by atoms with Gasteiger partial charge in [-0.1, -0.05) is 6.42 Å². The first-order valence-electron chi connectivity index (χ1n) is 6.02. The molecule has 0 spiro atoms. The first-order valence-corrected chi connectivity index (χ1v) is 6.02. The van der Waals surface area contributed by atoms with Crippen LogP contribution in [0.1, 0.15) is 26.2 Å². The fourth-order valence-corrected chi connectivity index (χ4v) is 2.13. The quantitative estimate of drug-likeness (QED) is 0.878. The highest BCUT2D eigenvalue weighted by Gasteiger charge is 2.21. The van der Waals surface area contributed by atoms with E-state index in [-0.39, 0.29) is 17.9 Å². The fraction of sp³-hybridized carbons (Fsp3) is 0.538. The van der Waals surface area contributed by atoms with Crippen LogP contribution in [0.2, 0.25) is 0 Å². The molecule has 17 heavy (non-hydrogen) atoms. The topological polar surface area (TPSA) is 21.3 Å². The third kappa shape index (κ3) is 3.16. The molecule has 1 aliphatic heterocycles. The normalized spacial score (nSPS) is 22.2. The lowest BCUT2D eigenvalue weighted by Crippen LogP contribution is -2.44. The molecule has 2 rings (SSSR count). The van der Waals surface area contributed by atoms with Crippen LogP contribution in [0.15, 0.2) is 18.2 Å². The molecule has 1 heterocycles. The second kappa shape index (κ2) is 5.45. The monoisotopic (exact) mass is 241 g/mol. The number of rotatable bonds is 3. The summed E-state index contributed by atoms with van der Waals surface area (Å²) < 4.78 is 31.9. The van der Waals surface area contributed by atoms with Crippen molar-refractivity contribution in [2.45, 2.75) is 38.3 Å². The second-order valence-electron chi connectivity index (χ2n) is 4.45. The summed E-state index contributed by atoms with van der Waals surface area (Å²) in [4.78, 5) is 0. The van der Waals surface area contributed by atoms with Crippen LogP contribution >= 0.6 is 0 Å². The van der Waals surface area contributed by atoms with Gasteiger partial charge in [0, 0.05) is 12.1 Å². The van der Waals surface area contributed by atoms with Gasteiger partial charge in [0.15, 0.2) is 11.6 Å². The zero-order valence-electron chi connectivity index (χ0n) is 9.88. The summed E-state index contributed by atoms with van der Waals surface area (Å²) in [6.07, 6.45) is 3.17. The number of halogens is 2. The predicted octanol–water partition coefficient (Wildman–Crippen LogP) is 2.87. The lowest BCUT2D eigenvalue weighted by molar-refractivity contribution is 0.146. The average molecular weight is 241 g/mol. The fourth-order valence-electron chi connectivity index (χ4n) is 2.13. The van der Waals surface area contributed by atoms with Crippen LogP contribution in [0.3, 0.4) is 0 Å². The molecule has 1 N–H and O–H groups in total. The number of hydrogen-bond acceptors (Lipinski definition) is 2. The lowest BCUT2D eigenvalue weighted by Gasteiger charge is -2.29. The van der Waals surface area contributed by atoms with Crippen LogP contribution < -0.4 is 10.1 Å². The Kier molecular flexibility index (Phi) is 3.94. The Labute approximate surface area is 100.0 Å². The maximum atomic E-state index is 13.4. The van der Waals surface area contributed by atoms with Gasteiger partial charge in [0.05, 0.1) is 0 Å². The van der Waals surface area contributed by atoms with Crippen LogP contribution in [0.5, 0.6) is 5.75 Å². The zero-order valence-corrected chi connectivity index (χ0v) is 9.88. The van der Waals surface area contributed by atoms with Gasteiger partial charge < -0.3 is 10.1 Å². The van der Waals surface area contributed by atoms with E-state index < -0.39 is 11.6 Å². The Morgan fingerprint density at radius 1 is 1.35 bits per heavy atom. The minimum atomic E-state index is -0.519. The van der Waals surface area contributed by atoms with Crippen molar-refractivity contribution < 1.29 is 13.5 Å². The number of ether oxygens (including phenoxy) is 1. The van der Waals surface area contributed by atoms with Gasteiger partial charge in [0.25, 0.3) is 0 Å². The van der Waals surface area contributed by atoms with Crippen molar-refractivity contribution in [3.8, 4) is 5.75 Å². The third-order valence-corrected chi connectivity index (χ3v) is 3.12.